The number of hydrogen-bond acceptors (Lipinski definition) is 5. The van der Waals surface area contributed by atoms with Gasteiger partial charge in [-0.2, -0.15) is 22.3 Å². The van der Waals surface area contributed by atoms with Crippen LogP contribution in [0.5, 0.6) is 0 Å². The molecule has 0 N–H and O–H groups in total. The summed E-state index contributed by atoms with van der Waals surface area (Å²) >= 11 is 2.00. The van der Waals surface area contributed by atoms with Crippen molar-refractivity contribution in [2.45, 2.75) is 13.1 Å². The van der Waals surface area contributed by atoms with Crippen molar-refractivity contribution in [3.05, 3.63) is 53.1 Å². The molecule has 1 saturated heterocycles. The van der Waals surface area contributed by atoms with Crippen molar-refractivity contribution in [1.82, 2.24) is 4.90 Å². The second-order valence-electron chi connectivity index (χ2n) is 6.38. The number of nitriles is 2. The average molecular weight is 346 g/mol. The van der Waals surface area contributed by atoms with E-state index in [1.807, 2.05) is 36.0 Å². The lowest BCUT2D eigenvalue weighted by Crippen LogP contribution is -2.32. The standard InChI is InChI=1S/C20H18N4S/c21-11-15-1-3-16(4-2-15)19-10-18(24-5-7-25-8-6-24)9-17-12-23(14-22)13-20(17)19/h1-4,9-10H,5-8,12-13H2. The molecule has 0 saturated carbocycles. The summed E-state index contributed by atoms with van der Waals surface area (Å²) in [5.41, 5.74) is 6.70. The third kappa shape index (κ3) is 3.04. The number of anilines is 1. The molecule has 0 spiro atoms. The van der Waals surface area contributed by atoms with Gasteiger partial charge in [0, 0.05) is 30.3 Å². The van der Waals surface area contributed by atoms with Crippen LogP contribution >= 0.6 is 11.8 Å². The number of benzene rings is 2. The number of thioether (sulfide) groups is 1. The van der Waals surface area contributed by atoms with Gasteiger partial charge in [0.15, 0.2) is 6.19 Å². The Labute approximate surface area is 152 Å². The Morgan fingerprint density at radius 3 is 2.40 bits per heavy atom. The van der Waals surface area contributed by atoms with Crippen LogP contribution in [0.4, 0.5) is 5.69 Å². The highest BCUT2D eigenvalue weighted by molar-refractivity contribution is 7.99. The molecule has 1 fully saturated rings. The molecule has 0 bridgehead atoms. The summed E-state index contributed by atoms with van der Waals surface area (Å²) in [6, 6.07) is 14.5. The highest BCUT2D eigenvalue weighted by Gasteiger charge is 2.24. The Balaban J connectivity index is 1.79. The fourth-order valence-electron chi connectivity index (χ4n) is 3.55. The van der Waals surface area contributed by atoms with E-state index in [1.165, 1.54) is 22.4 Å². The fraction of sp³-hybridized carbons (Fsp3) is 0.300. The molecule has 2 aliphatic heterocycles. The summed E-state index contributed by atoms with van der Waals surface area (Å²) in [5.74, 6) is 2.32. The van der Waals surface area contributed by atoms with Crippen molar-refractivity contribution in [2.75, 3.05) is 29.5 Å². The van der Waals surface area contributed by atoms with E-state index in [-0.39, 0.29) is 0 Å². The van der Waals surface area contributed by atoms with Crippen molar-refractivity contribution >= 4 is 17.4 Å². The minimum absolute atomic E-state index is 0.664. The van der Waals surface area contributed by atoms with E-state index in [9.17, 15) is 5.26 Å². The molecule has 2 heterocycles. The first-order chi connectivity index (χ1) is 12.3. The summed E-state index contributed by atoms with van der Waals surface area (Å²) in [4.78, 5) is 4.24. The predicted octanol–water partition coefficient (Wildman–Crippen LogP) is 3.58. The van der Waals surface area contributed by atoms with Gasteiger partial charge in [0.1, 0.15) is 0 Å². The van der Waals surface area contributed by atoms with Crippen LogP contribution in [0.25, 0.3) is 11.1 Å². The number of nitrogens with zero attached hydrogens (tertiary/aromatic N) is 4. The van der Waals surface area contributed by atoms with E-state index in [1.54, 1.807) is 4.90 Å². The number of fused-ring (bicyclic) bond motifs is 1. The van der Waals surface area contributed by atoms with Crippen LogP contribution in [-0.2, 0) is 13.1 Å². The van der Waals surface area contributed by atoms with Crippen LogP contribution < -0.4 is 4.90 Å². The number of rotatable bonds is 2. The van der Waals surface area contributed by atoms with Crippen LogP contribution in [0.15, 0.2) is 36.4 Å². The van der Waals surface area contributed by atoms with Gasteiger partial charge in [-0.1, -0.05) is 12.1 Å². The summed E-state index contributed by atoms with van der Waals surface area (Å²) in [6.45, 7) is 3.49. The van der Waals surface area contributed by atoms with E-state index in [2.05, 4.69) is 29.3 Å². The second kappa shape index (κ2) is 6.70. The van der Waals surface area contributed by atoms with Crippen molar-refractivity contribution in [2.24, 2.45) is 0 Å². The zero-order valence-corrected chi connectivity index (χ0v) is 14.7. The molecule has 2 aliphatic rings. The zero-order valence-electron chi connectivity index (χ0n) is 13.9. The minimum atomic E-state index is 0.664. The Morgan fingerprint density at radius 1 is 0.960 bits per heavy atom. The lowest BCUT2D eigenvalue weighted by atomic mass is 9.95. The maximum atomic E-state index is 9.31. The van der Waals surface area contributed by atoms with Gasteiger partial charge in [-0.25, -0.2) is 0 Å². The van der Waals surface area contributed by atoms with Crippen LogP contribution in [0.1, 0.15) is 16.7 Å². The molecular weight excluding hydrogens is 328 g/mol. The highest BCUT2D eigenvalue weighted by atomic mass is 32.2. The van der Waals surface area contributed by atoms with E-state index < -0.39 is 0 Å². The lowest BCUT2D eigenvalue weighted by molar-refractivity contribution is 0.417. The van der Waals surface area contributed by atoms with Gasteiger partial charge in [0.05, 0.1) is 24.7 Å². The van der Waals surface area contributed by atoms with E-state index in [0.29, 0.717) is 18.7 Å². The second-order valence-corrected chi connectivity index (χ2v) is 7.60. The molecule has 0 radical (unpaired) electrons. The lowest BCUT2D eigenvalue weighted by Gasteiger charge is -2.29. The molecule has 2 aromatic carbocycles. The molecule has 2 aromatic rings. The first-order valence-electron chi connectivity index (χ1n) is 8.42. The first-order valence-corrected chi connectivity index (χ1v) is 9.57. The van der Waals surface area contributed by atoms with Crippen molar-refractivity contribution in [3.8, 4) is 23.4 Å². The molecule has 0 atom stereocenters. The topological polar surface area (TPSA) is 54.1 Å². The molecule has 25 heavy (non-hydrogen) atoms. The fourth-order valence-corrected chi connectivity index (χ4v) is 4.46. The van der Waals surface area contributed by atoms with Gasteiger partial charge in [0.2, 0.25) is 0 Å². The largest absolute Gasteiger partial charge is 0.370 e. The monoisotopic (exact) mass is 346 g/mol. The average Bonchev–Trinajstić information content (AvgIpc) is 3.11. The quantitative estimate of drug-likeness (QED) is 0.778. The molecule has 4 rings (SSSR count). The van der Waals surface area contributed by atoms with Crippen LogP contribution in [0, 0.1) is 22.8 Å². The Bertz CT molecular complexity index is 870. The van der Waals surface area contributed by atoms with Crippen molar-refractivity contribution < 1.29 is 0 Å². The summed E-state index contributed by atoms with van der Waals surface area (Å²) in [7, 11) is 0. The number of hydrogen-bond donors (Lipinski definition) is 0. The SMILES string of the molecule is N#Cc1ccc(-c2cc(N3CCSCC3)cc3c2CN(C#N)C3)cc1. The van der Waals surface area contributed by atoms with Gasteiger partial charge < -0.3 is 9.80 Å². The molecule has 0 aromatic heterocycles. The third-order valence-corrected chi connectivity index (χ3v) is 5.82. The molecule has 0 unspecified atom stereocenters. The minimum Gasteiger partial charge on any atom is -0.370 e. The van der Waals surface area contributed by atoms with Gasteiger partial charge in [0.25, 0.3) is 0 Å². The Morgan fingerprint density at radius 2 is 1.72 bits per heavy atom. The molecular formula is C20H18N4S. The summed E-state index contributed by atoms with van der Waals surface area (Å²) in [5, 5.41) is 18.3. The molecule has 5 heteroatoms. The summed E-state index contributed by atoms with van der Waals surface area (Å²) in [6.07, 6.45) is 2.28. The van der Waals surface area contributed by atoms with Gasteiger partial charge in [-0.15, -0.1) is 0 Å². The van der Waals surface area contributed by atoms with Crippen LogP contribution in [0.3, 0.4) is 0 Å². The van der Waals surface area contributed by atoms with E-state index in [0.717, 1.165) is 30.2 Å². The summed E-state index contributed by atoms with van der Waals surface area (Å²) < 4.78 is 0. The first kappa shape index (κ1) is 15.9. The Kier molecular flexibility index (Phi) is 4.26. The molecule has 0 amide bonds. The molecule has 0 aliphatic carbocycles. The Hall–Kier alpha value is -2.63. The normalized spacial score (nSPS) is 16.2. The van der Waals surface area contributed by atoms with Crippen molar-refractivity contribution in [3.63, 3.8) is 0 Å². The van der Waals surface area contributed by atoms with Gasteiger partial charge in [-0.3, -0.25) is 0 Å². The smallest absolute Gasteiger partial charge is 0.179 e. The van der Waals surface area contributed by atoms with E-state index in [4.69, 9.17) is 5.26 Å². The highest BCUT2D eigenvalue weighted by Crippen LogP contribution is 2.37. The van der Waals surface area contributed by atoms with Crippen molar-refractivity contribution in [1.29, 1.82) is 10.5 Å². The van der Waals surface area contributed by atoms with Crippen LogP contribution in [-0.4, -0.2) is 29.5 Å². The molecule has 4 nitrogen and oxygen atoms in total. The van der Waals surface area contributed by atoms with Gasteiger partial charge in [-0.05, 0) is 46.5 Å². The maximum Gasteiger partial charge on any atom is 0.179 e. The third-order valence-electron chi connectivity index (χ3n) is 4.88. The van der Waals surface area contributed by atoms with Gasteiger partial charge >= 0.3 is 0 Å². The maximum absolute atomic E-state index is 9.31. The van der Waals surface area contributed by atoms with E-state index >= 15 is 0 Å². The predicted molar refractivity (Wildman–Crippen MR) is 101 cm³/mol. The zero-order chi connectivity index (χ0) is 17.2. The van der Waals surface area contributed by atoms with Crippen LogP contribution in [0.2, 0.25) is 0 Å². The molecule has 124 valence electrons.